The van der Waals surface area contributed by atoms with Gasteiger partial charge in [0.2, 0.25) is 11.8 Å². The quantitative estimate of drug-likeness (QED) is 0.533. The van der Waals surface area contributed by atoms with Crippen molar-refractivity contribution in [1.29, 1.82) is 0 Å². The predicted octanol–water partition coefficient (Wildman–Crippen LogP) is 2.36. The maximum Gasteiger partial charge on any atom is 0.331 e. The minimum Gasteiger partial charge on any atom is -0.467 e. The lowest BCUT2D eigenvalue weighted by atomic mass is 9.92. The number of likely N-dealkylation sites (tertiary alicyclic amines) is 1. The molecule has 186 valence electrons. The summed E-state index contributed by atoms with van der Waals surface area (Å²) in [5.41, 5.74) is -0.497. The molecule has 1 saturated heterocycles. The molecular weight excluding hydrogens is 448 g/mol. The Morgan fingerprint density at radius 1 is 1.03 bits per heavy atom. The number of nitrogens with zero attached hydrogens (tertiary/aromatic N) is 3. The van der Waals surface area contributed by atoms with Gasteiger partial charge in [-0.2, -0.15) is 0 Å². The van der Waals surface area contributed by atoms with Gasteiger partial charge < -0.3 is 14.6 Å². The molecule has 1 N–H and O–H groups in total. The normalized spacial score (nSPS) is 18.1. The molecule has 2 aromatic heterocycles. The molecule has 0 unspecified atom stereocenters. The number of amides is 2. The zero-order valence-corrected chi connectivity index (χ0v) is 20.2. The van der Waals surface area contributed by atoms with Gasteiger partial charge in [0, 0.05) is 26.1 Å². The number of fused-ring (bicyclic) bond motifs is 1. The largest absolute Gasteiger partial charge is 0.467 e. The molecular formula is C26H32N4O5. The number of hydrogen-bond acceptors (Lipinski definition) is 5. The molecule has 1 fully saturated rings. The Hall–Kier alpha value is -3.62. The molecule has 1 aromatic carbocycles. The SMILES string of the molecule is C[C@@H]1C[C@@H](C)CN(C(=O)Cn2c(=O)n(CCCC(=O)NCc3ccco3)c(=O)c3ccccc32)C1. The van der Waals surface area contributed by atoms with Crippen LogP contribution in [0.25, 0.3) is 10.9 Å². The van der Waals surface area contributed by atoms with E-state index in [4.69, 9.17) is 4.42 Å². The number of furan rings is 1. The number of rotatable bonds is 8. The second-order valence-electron chi connectivity index (χ2n) is 9.55. The van der Waals surface area contributed by atoms with Crippen LogP contribution in [-0.2, 0) is 29.2 Å². The summed E-state index contributed by atoms with van der Waals surface area (Å²) in [6.07, 6.45) is 3.08. The molecule has 0 spiro atoms. The highest BCUT2D eigenvalue weighted by Gasteiger charge is 2.26. The molecule has 9 nitrogen and oxygen atoms in total. The fraction of sp³-hybridized carbons (Fsp3) is 0.462. The minimum atomic E-state index is -0.531. The van der Waals surface area contributed by atoms with E-state index in [-0.39, 0.29) is 37.9 Å². The van der Waals surface area contributed by atoms with Crippen LogP contribution in [0, 0.1) is 11.8 Å². The Morgan fingerprint density at radius 3 is 2.49 bits per heavy atom. The van der Waals surface area contributed by atoms with Gasteiger partial charge in [0.15, 0.2) is 0 Å². The van der Waals surface area contributed by atoms with Crippen molar-refractivity contribution in [2.45, 2.75) is 52.7 Å². The molecule has 0 radical (unpaired) electrons. The summed E-state index contributed by atoms with van der Waals surface area (Å²) in [6, 6.07) is 10.4. The van der Waals surface area contributed by atoms with Gasteiger partial charge in [-0.15, -0.1) is 0 Å². The van der Waals surface area contributed by atoms with Crippen molar-refractivity contribution in [3.05, 3.63) is 69.3 Å². The maximum absolute atomic E-state index is 13.3. The van der Waals surface area contributed by atoms with Crippen molar-refractivity contribution in [1.82, 2.24) is 19.4 Å². The van der Waals surface area contributed by atoms with Crippen molar-refractivity contribution < 1.29 is 14.0 Å². The maximum atomic E-state index is 13.3. The standard InChI is InChI=1S/C26H32N4O5/c1-18-13-19(2)16-28(15-18)24(32)17-30-22-9-4-3-8-21(22)25(33)29(26(30)34)11-5-10-23(31)27-14-20-7-6-12-35-20/h3-4,6-9,12,18-19H,5,10-11,13-17H2,1-2H3,(H,27,31)/t18-,19-/m1/s1. The number of carbonyl (C=O) groups is 2. The Labute approximate surface area is 203 Å². The summed E-state index contributed by atoms with van der Waals surface area (Å²) >= 11 is 0. The summed E-state index contributed by atoms with van der Waals surface area (Å²) < 4.78 is 7.72. The minimum absolute atomic E-state index is 0.0860. The molecule has 1 aliphatic rings. The molecule has 0 bridgehead atoms. The van der Waals surface area contributed by atoms with Gasteiger partial charge >= 0.3 is 5.69 Å². The van der Waals surface area contributed by atoms with Crippen molar-refractivity contribution in [3.63, 3.8) is 0 Å². The van der Waals surface area contributed by atoms with Crippen molar-refractivity contribution in [3.8, 4) is 0 Å². The number of para-hydroxylation sites is 1. The highest BCUT2D eigenvalue weighted by atomic mass is 16.3. The molecule has 2 amide bonds. The summed E-state index contributed by atoms with van der Waals surface area (Å²) in [4.78, 5) is 53.6. The topological polar surface area (TPSA) is 107 Å². The third-order valence-electron chi connectivity index (χ3n) is 6.47. The summed E-state index contributed by atoms with van der Waals surface area (Å²) in [5, 5.41) is 3.13. The molecule has 0 saturated carbocycles. The van der Waals surface area contributed by atoms with E-state index in [1.54, 1.807) is 36.4 Å². The van der Waals surface area contributed by atoms with Gasteiger partial charge in [0.1, 0.15) is 12.3 Å². The van der Waals surface area contributed by atoms with E-state index in [0.29, 0.717) is 48.0 Å². The van der Waals surface area contributed by atoms with Crippen LogP contribution in [0.15, 0.2) is 56.7 Å². The first kappa shape index (κ1) is 24.5. The first-order valence-corrected chi connectivity index (χ1v) is 12.1. The number of nitrogens with one attached hydrogen (secondary N) is 1. The summed E-state index contributed by atoms with van der Waals surface area (Å²) in [7, 11) is 0. The van der Waals surface area contributed by atoms with Crippen molar-refractivity contribution >= 4 is 22.7 Å². The van der Waals surface area contributed by atoms with Gasteiger partial charge in [-0.3, -0.25) is 23.5 Å². The molecule has 9 heteroatoms. The molecule has 4 rings (SSSR count). The smallest absolute Gasteiger partial charge is 0.331 e. The first-order valence-electron chi connectivity index (χ1n) is 12.1. The zero-order valence-electron chi connectivity index (χ0n) is 20.2. The van der Waals surface area contributed by atoms with Crippen LogP contribution < -0.4 is 16.6 Å². The Morgan fingerprint density at radius 2 is 1.77 bits per heavy atom. The third-order valence-corrected chi connectivity index (χ3v) is 6.47. The second-order valence-corrected chi connectivity index (χ2v) is 9.55. The van der Waals surface area contributed by atoms with Crippen LogP contribution in [0.1, 0.15) is 38.9 Å². The molecule has 3 aromatic rings. The van der Waals surface area contributed by atoms with Crippen LogP contribution >= 0.6 is 0 Å². The number of carbonyl (C=O) groups excluding carboxylic acids is 2. The number of piperidine rings is 1. The fourth-order valence-corrected chi connectivity index (χ4v) is 4.91. The molecule has 2 atom stereocenters. The first-order chi connectivity index (χ1) is 16.8. The van der Waals surface area contributed by atoms with Crippen LogP contribution in [0.3, 0.4) is 0 Å². The summed E-state index contributed by atoms with van der Waals surface area (Å²) in [5.74, 6) is 1.14. The van der Waals surface area contributed by atoms with Gasteiger partial charge in [-0.25, -0.2) is 4.79 Å². The third kappa shape index (κ3) is 5.72. The lowest BCUT2D eigenvalue weighted by molar-refractivity contribution is -0.134. The van der Waals surface area contributed by atoms with Crippen molar-refractivity contribution in [2.75, 3.05) is 13.1 Å². The van der Waals surface area contributed by atoms with Gasteiger partial charge in [0.25, 0.3) is 5.56 Å². The van der Waals surface area contributed by atoms with E-state index in [1.807, 2.05) is 4.90 Å². The lowest BCUT2D eigenvalue weighted by Gasteiger charge is -2.35. The molecule has 1 aliphatic heterocycles. The highest BCUT2D eigenvalue weighted by Crippen LogP contribution is 2.21. The van der Waals surface area contributed by atoms with Crippen LogP contribution in [0.5, 0.6) is 0 Å². The van der Waals surface area contributed by atoms with Gasteiger partial charge in [-0.1, -0.05) is 26.0 Å². The van der Waals surface area contributed by atoms with Gasteiger partial charge in [-0.05, 0) is 48.9 Å². The van der Waals surface area contributed by atoms with E-state index in [1.165, 1.54) is 10.8 Å². The van der Waals surface area contributed by atoms with Crippen LogP contribution in [-0.4, -0.2) is 38.9 Å². The second kappa shape index (κ2) is 10.8. The molecule has 35 heavy (non-hydrogen) atoms. The number of benzene rings is 1. The zero-order chi connectivity index (χ0) is 24.9. The van der Waals surface area contributed by atoms with Crippen molar-refractivity contribution in [2.24, 2.45) is 11.8 Å². The predicted molar refractivity (Wildman–Crippen MR) is 132 cm³/mol. The lowest BCUT2D eigenvalue weighted by Crippen LogP contribution is -2.47. The van der Waals surface area contributed by atoms with E-state index in [2.05, 4.69) is 19.2 Å². The monoisotopic (exact) mass is 480 g/mol. The Bertz CT molecular complexity index is 1300. The Kier molecular flexibility index (Phi) is 7.53. The van der Waals surface area contributed by atoms with Crippen LogP contribution in [0.2, 0.25) is 0 Å². The van der Waals surface area contributed by atoms with Gasteiger partial charge in [0.05, 0.1) is 23.7 Å². The van der Waals surface area contributed by atoms with E-state index in [9.17, 15) is 19.2 Å². The fourth-order valence-electron chi connectivity index (χ4n) is 4.91. The van der Waals surface area contributed by atoms with Crippen LogP contribution in [0.4, 0.5) is 0 Å². The number of aromatic nitrogens is 2. The molecule has 0 aliphatic carbocycles. The average molecular weight is 481 g/mol. The Balaban J connectivity index is 1.51. The van der Waals surface area contributed by atoms with E-state index in [0.717, 1.165) is 11.0 Å². The summed E-state index contributed by atoms with van der Waals surface area (Å²) in [6.45, 7) is 5.84. The van der Waals surface area contributed by atoms with E-state index >= 15 is 0 Å². The highest BCUT2D eigenvalue weighted by molar-refractivity contribution is 5.81. The molecule has 3 heterocycles. The number of hydrogen-bond donors (Lipinski definition) is 1. The average Bonchev–Trinajstić information content (AvgIpc) is 3.35. The van der Waals surface area contributed by atoms with E-state index < -0.39 is 11.2 Å².